The minimum absolute atomic E-state index is 0.0272. The second kappa shape index (κ2) is 4.68. The summed E-state index contributed by atoms with van der Waals surface area (Å²) in [6, 6.07) is 0. The van der Waals surface area contributed by atoms with Gasteiger partial charge in [0.25, 0.3) is 5.91 Å². The zero-order valence-corrected chi connectivity index (χ0v) is 9.98. The Morgan fingerprint density at radius 3 is 2.50 bits per heavy atom. The van der Waals surface area contributed by atoms with Gasteiger partial charge in [-0.15, -0.1) is 11.3 Å². The fourth-order valence-electron chi connectivity index (χ4n) is 1.70. The molecular weight excluding hydrogens is 269 g/mol. The predicted octanol–water partition coefficient (Wildman–Crippen LogP) is 1.97. The summed E-state index contributed by atoms with van der Waals surface area (Å²) in [5, 5.41) is 0. The van der Waals surface area contributed by atoms with Crippen molar-refractivity contribution in [3.05, 3.63) is 16.1 Å². The molecule has 1 aromatic rings. The second-order valence-corrected chi connectivity index (χ2v) is 4.71. The molecular formula is C10H9F3N2O2S. The van der Waals surface area contributed by atoms with E-state index in [1.54, 1.807) is 0 Å². The highest BCUT2D eigenvalue weighted by atomic mass is 32.1. The van der Waals surface area contributed by atoms with Crippen LogP contribution in [0.4, 0.5) is 13.2 Å². The number of ketones is 1. The molecule has 0 aromatic carbocycles. The Balaban J connectivity index is 2.19. The van der Waals surface area contributed by atoms with Gasteiger partial charge in [0.2, 0.25) is 0 Å². The number of hydrogen-bond acceptors (Lipinski definition) is 4. The Kier molecular flexibility index (Phi) is 3.38. The molecule has 1 aliphatic rings. The van der Waals surface area contributed by atoms with Gasteiger partial charge in [-0.1, -0.05) is 0 Å². The van der Waals surface area contributed by atoms with Gasteiger partial charge < -0.3 is 4.90 Å². The van der Waals surface area contributed by atoms with E-state index in [0.717, 1.165) is 5.51 Å². The quantitative estimate of drug-likeness (QED) is 0.789. The number of carbonyl (C=O) groups excluding carboxylic acids is 2. The van der Waals surface area contributed by atoms with Crippen LogP contribution in [-0.2, 0) is 11.0 Å². The largest absolute Gasteiger partial charge is 0.434 e. The third-order valence-corrected chi connectivity index (χ3v) is 3.45. The zero-order chi connectivity index (χ0) is 13.3. The van der Waals surface area contributed by atoms with Crippen molar-refractivity contribution in [2.24, 2.45) is 0 Å². The number of aromatic nitrogens is 1. The molecule has 1 aliphatic heterocycles. The number of likely N-dealkylation sites (tertiary alicyclic amines) is 1. The molecule has 2 rings (SSSR count). The molecule has 0 bridgehead atoms. The molecule has 98 valence electrons. The smallest absolute Gasteiger partial charge is 0.337 e. The van der Waals surface area contributed by atoms with Crippen LogP contribution in [0.2, 0.25) is 0 Å². The molecule has 0 atom stereocenters. The summed E-state index contributed by atoms with van der Waals surface area (Å²) in [6.45, 7) is 0.347. The number of amides is 1. The molecule has 0 spiro atoms. The Morgan fingerprint density at radius 1 is 1.33 bits per heavy atom. The third-order valence-electron chi connectivity index (χ3n) is 2.64. The number of thiazole rings is 1. The van der Waals surface area contributed by atoms with E-state index in [2.05, 4.69) is 4.98 Å². The number of Topliss-reactive ketones (excluding diaryl/α,β-unsaturated/α-hetero) is 1. The summed E-state index contributed by atoms with van der Waals surface area (Å²) >= 11 is 0.672. The molecule has 1 fully saturated rings. The number of piperidine rings is 1. The van der Waals surface area contributed by atoms with Crippen LogP contribution < -0.4 is 0 Å². The summed E-state index contributed by atoms with van der Waals surface area (Å²) in [6.07, 6.45) is -4.23. The predicted molar refractivity (Wildman–Crippen MR) is 57.3 cm³/mol. The maximum Gasteiger partial charge on any atom is 0.434 e. The highest BCUT2D eigenvalue weighted by molar-refractivity contribution is 7.11. The Labute approximate surface area is 104 Å². The number of rotatable bonds is 1. The van der Waals surface area contributed by atoms with Gasteiger partial charge in [-0.2, -0.15) is 13.2 Å². The average molecular weight is 278 g/mol. The Morgan fingerprint density at radius 2 is 1.94 bits per heavy atom. The third kappa shape index (κ3) is 2.53. The van der Waals surface area contributed by atoms with Gasteiger partial charge in [0.05, 0.1) is 5.51 Å². The van der Waals surface area contributed by atoms with E-state index in [0.29, 0.717) is 11.3 Å². The molecule has 0 unspecified atom stereocenters. The summed E-state index contributed by atoms with van der Waals surface area (Å²) in [5.74, 6) is -0.670. The Hall–Kier alpha value is -1.44. The molecule has 2 heterocycles. The van der Waals surface area contributed by atoms with Crippen molar-refractivity contribution in [1.82, 2.24) is 9.88 Å². The van der Waals surface area contributed by atoms with Gasteiger partial charge in [0.15, 0.2) is 5.69 Å². The van der Waals surface area contributed by atoms with E-state index >= 15 is 0 Å². The zero-order valence-electron chi connectivity index (χ0n) is 9.16. The second-order valence-electron chi connectivity index (χ2n) is 3.86. The van der Waals surface area contributed by atoms with Crippen molar-refractivity contribution >= 4 is 23.0 Å². The summed E-state index contributed by atoms with van der Waals surface area (Å²) < 4.78 is 37.8. The van der Waals surface area contributed by atoms with Gasteiger partial charge in [-0.25, -0.2) is 4.98 Å². The van der Waals surface area contributed by atoms with E-state index in [4.69, 9.17) is 0 Å². The lowest BCUT2D eigenvalue weighted by atomic mass is 10.1. The number of nitrogens with zero attached hydrogens (tertiary/aromatic N) is 2. The molecule has 8 heteroatoms. The van der Waals surface area contributed by atoms with Crippen molar-refractivity contribution in [3.63, 3.8) is 0 Å². The lowest BCUT2D eigenvalue weighted by Gasteiger charge is -2.25. The molecule has 1 aromatic heterocycles. The van der Waals surface area contributed by atoms with Gasteiger partial charge in [-0.3, -0.25) is 9.59 Å². The highest BCUT2D eigenvalue weighted by Crippen LogP contribution is 2.33. The number of hydrogen-bond donors (Lipinski definition) is 0. The number of alkyl halides is 3. The van der Waals surface area contributed by atoms with Gasteiger partial charge in [-0.05, 0) is 0 Å². The van der Waals surface area contributed by atoms with Crippen molar-refractivity contribution in [2.45, 2.75) is 19.0 Å². The molecule has 0 radical (unpaired) electrons. The first kappa shape index (κ1) is 13.0. The average Bonchev–Trinajstić information content (AvgIpc) is 2.77. The van der Waals surface area contributed by atoms with Gasteiger partial charge >= 0.3 is 6.18 Å². The monoisotopic (exact) mass is 278 g/mol. The van der Waals surface area contributed by atoms with Crippen molar-refractivity contribution < 1.29 is 22.8 Å². The van der Waals surface area contributed by atoms with Gasteiger partial charge in [0, 0.05) is 25.9 Å². The SMILES string of the molecule is O=C1CCN(C(=O)c2scnc2C(F)(F)F)CC1. The molecule has 0 N–H and O–H groups in total. The van der Waals surface area contributed by atoms with Crippen LogP contribution in [0.15, 0.2) is 5.51 Å². The maximum atomic E-state index is 12.6. The molecule has 18 heavy (non-hydrogen) atoms. The fourth-order valence-corrected chi connectivity index (χ4v) is 2.48. The topological polar surface area (TPSA) is 50.3 Å². The number of halogens is 3. The van der Waals surface area contributed by atoms with Crippen LogP contribution in [0.5, 0.6) is 0 Å². The minimum atomic E-state index is -4.63. The first-order valence-corrected chi connectivity index (χ1v) is 6.09. The number of carbonyl (C=O) groups is 2. The summed E-state index contributed by atoms with van der Waals surface area (Å²) in [7, 11) is 0. The standard InChI is InChI=1S/C10H9F3N2O2S/c11-10(12,13)8-7(18-5-14-8)9(17)15-3-1-6(16)2-4-15/h5H,1-4H2. The first-order chi connectivity index (χ1) is 8.39. The van der Waals surface area contributed by atoms with Crippen LogP contribution >= 0.6 is 11.3 Å². The highest BCUT2D eigenvalue weighted by Gasteiger charge is 2.39. The van der Waals surface area contributed by atoms with Crippen LogP contribution in [-0.4, -0.2) is 34.7 Å². The van der Waals surface area contributed by atoms with Crippen molar-refractivity contribution in [2.75, 3.05) is 13.1 Å². The van der Waals surface area contributed by atoms with E-state index in [1.807, 2.05) is 0 Å². The first-order valence-electron chi connectivity index (χ1n) is 5.21. The van der Waals surface area contributed by atoms with E-state index in [1.165, 1.54) is 4.90 Å². The summed E-state index contributed by atoms with van der Waals surface area (Å²) in [5.41, 5.74) is -0.139. The fraction of sp³-hybridized carbons (Fsp3) is 0.500. The van der Waals surface area contributed by atoms with Crippen LogP contribution in [0.3, 0.4) is 0 Å². The molecule has 1 saturated heterocycles. The minimum Gasteiger partial charge on any atom is -0.337 e. The Bertz CT molecular complexity index is 474. The van der Waals surface area contributed by atoms with Crippen LogP contribution in [0.1, 0.15) is 28.2 Å². The molecule has 0 aliphatic carbocycles. The molecule has 0 saturated carbocycles. The normalized spacial score (nSPS) is 17.1. The lowest BCUT2D eigenvalue weighted by Crippen LogP contribution is -2.39. The van der Waals surface area contributed by atoms with Gasteiger partial charge in [0.1, 0.15) is 10.7 Å². The van der Waals surface area contributed by atoms with E-state index < -0.39 is 22.7 Å². The van der Waals surface area contributed by atoms with Crippen molar-refractivity contribution in [1.29, 1.82) is 0 Å². The maximum absolute atomic E-state index is 12.6. The van der Waals surface area contributed by atoms with E-state index in [9.17, 15) is 22.8 Å². The molecule has 1 amide bonds. The van der Waals surface area contributed by atoms with Crippen LogP contribution in [0, 0.1) is 0 Å². The van der Waals surface area contributed by atoms with E-state index in [-0.39, 0.29) is 31.7 Å². The molecule has 4 nitrogen and oxygen atoms in total. The lowest BCUT2D eigenvalue weighted by molar-refractivity contribution is -0.141. The van der Waals surface area contributed by atoms with Crippen LogP contribution in [0.25, 0.3) is 0 Å². The van der Waals surface area contributed by atoms with Crippen molar-refractivity contribution in [3.8, 4) is 0 Å². The summed E-state index contributed by atoms with van der Waals surface area (Å²) in [4.78, 5) is 27.0.